The van der Waals surface area contributed by atoms with Crippen molar-refractivity contribution < 1.29 is 4.79 Å². The van der Waals surface area contributed by atoms with Gasteiger partial charge in [0.05, 0.1) is 6.04 Å². The number of hydrogen-bond donors (Lipinski definition) is 2. The van der Waals surface area contributed by atoms with E-state index in [1.54, 1.807) is 0 Å². The summed E-state index contributed by atoms with van der Waals surface area (Å²) in [6.45, 7) is 8.44. The lowest BCUT2D eigenvalue weighted by Crippen LogP contribution is -2.56. The molecule has 2 atom stereocenters. The van der Waals surface area contributed by atoms with E-state index in [0.29, 0.717) is 5.92 Å². The molecule has 2 rings (SSSR count). The molecular weight excluding hydrogens is 212 g/mol. The van der Waals surface area contributed by atoms with Gasteiger partial charge in [0, 0.05) is 6.54 Å². The smallest absolute Gasteiger partial charge is 0.237 e. The largest absolute Gasteiger partial charge is 0.354 e. The molecule has 98 valence electrons. The van der Waals surface area contributed by atoms with Crippen molar-refractivity contribution in [3.63, 3.8) is 0 Å². The second-order valence-corrected chi connectivity index (χ2v) is 6.54. The van der Waals surface area contributed by atoms with Gasteiger partial charge in [-0.2, -0.15) is 0 Å². The summed E-state index contributed by atoms with van der Waals surface area (Å²) < 4.78 is 0. The van der Waals surface area contributed by atoms with Crippen molar-refractivity contribution in [1.29, 1.82) is 0 Å². The van der Waals surface area contributed by atoms with Crippen LogP contribution < -0.4 is 10.6 Å². The molecule has 0 aromatic heterocycles. The highest BCUT2D eigenvalue weighted by molar-refractivity contribution is 5.82. The minimum atomic E-state index is -0.0114. The molecule has 1 saturated carbocycles. The molecule has 0 spiro atoms. The van der Waals surface area contributed by atoms with Gasteiger partial charge in [0.15, 0.2) is 0 Å². The van der Waals surface area contributed by atoms with Gasteiger partial charge < -0.3 is 10.6 Å². The predicted octanol–water partition coefficient (Wildman–Crippen LogP) is 1.93. The lowest BCUT2D eigenvalue weighted by molar-refractivity contribution is -0.127. The van der Waals surface area contributed by atoms with Crippen molar-refractivity contribution in [2.45, 2.75) is 52.5 Å². The summed E-state index contributed by atoms with van der Waals surface area (Å²) in [5, 5.41) is 6.49. The lowest BCUT2D eigenvalue weighted by atomic mass is 9.77. The number of nitrogens with one attached hydrogen (secondary N) is 2. The normalized spacial score (nSPS) is 29.7. The summed E-state index contributed by atoms with van der Waals surface area (Å²) in [6, 6.07) is -0.0114. The summed E-state index contributed by atoms with van der Waals surface area (Å²) in [4.78, 5) is 12.2. The molecule has 1 heterocycles. The van der Waals surface area contributed by atoms with E-state index >= 15 is 0 Å². The molecule has 0 aromatic rings. The molecule has 3 nitrogen and oxygen atoms in total. The van der Waals surface area contributed by atoms with Crippen LogP contribution in [0.5, 0.6) is 0 Å². The molecule has 1 aliphatic carbocycles. The van der Waals surface area contributed by atoms with Crippen LogP contribution in [-0.2, 0) is 4.79 Å². The Balaban J connectivity index is 1.81. The Labute approximate surface area is 105 Å². The van der Waals surface area contributed by atoms with Crippen molar-refractivity contribution in [3.8, 4) is 0 Å². The molecular formula is C14H26N2O. The SMILES string of the molecule is CC(CNC(=O)C1NCCCC1(C)C)C1CC1. The minimum Gasteiger partial charge on any atom is -0.354 e. The van der Waals surface area contributed by atoms with Crippen molar-refractivity contribution in [2.75, 3.05) is 13.1 Å². The summed E-state index contributed by atoms with van der Waals surface area (Å²) in [7, 11) is 0. The van der Waals surface area contributed by atoms with Crippen LogP contribution in [0.1, 0.15) is 46.5 Å². The van der Waals surface area contributed by atoms with Crippen molar-refractivity contribution in [1.82, 2.24) is 10.6 Å². The second-order valence-electron chi connectivity index (χ2n) is 6.54. The quantitative estimate of drug-likeness (QED) is 0.786. The Kier molecular flexibility index (Phi) is 3.76. The third kappa shape index (κ3) is 3.21. The zero-order valence-electron chi connectivity index (χ0n) is 11.4. The van der Waals surface area contributed by atoms with Crippen LogP contribution in [-0.4, -0.2) is 25.0 Å². The summed E-state index contributed by atoms with van der Waals surface area (Å²) in [5.41, 5.74) is 0.0884. The van der Waals surface area contributed by atoms with Gasteiger partial charge in [-0.05, 0) is 49.5 Å². The Morgan fingerprint density at radius 1 is 1.47 bits per heavy atom. The van der Waals surface area contributed by atoms with Gasteiger partial charge in [-0.15, -0.1) is 0 Å². The fourth-order valence-electron chi connectivity index (χ4n) is 2.85. The van der Waals surface area contributed by atoms with Gasteiger partial charge >= 0.3 is 0 Å². The summed E-state index contributed by atoms with van der Waals surface area (Å²) in [6.07, 6.45) is 5.01. The van der Waals surface area contributed by atoms with Gasteiger partial charge in [0.25, 0.3) is 0 Å². The van der Waals surface area contributed by atoms with E-state index in [0.717, 1.165) is 25.4 Å². The molecule has 2 unspecified atom stereocenters. The predicted molar refractivity (Wildman–Crippen MR) is 69.7 cm³/mol. The third-order valence-corrected chi connectivity index (χ3v) is 4.42. The van der Waals surface area contributed by atoms with E-state index in [2.05, 4.69) is 31.4 Å². The van der Waals surface area contributed by atoms with Crippen molar-refractivity contribution in [2.24, 2.45) is 17.3 Å². The van der Waals surface area contributed by atoms with Crippen LogP contribution in [0, 0.1) is 17.3 Å². The fourth-order valence-corrected chi connectivity index (χ4v) is 2.85. The van der Waals surface area contributed by atoms with E-state index < -0.39 is 0 Å². The third-order valence-electron chi connectivity index (χ3n) is 4.42. The zero-order valence-corrected chi connectivity index (χ0v) is 11.4. The molecule has 0 aromatic carbocycles. The number of hydrogen-bond acceptors (Lipinski definition) is 2. The first-order chi connectivity index (χ1) is 8.00. The van der Waals surface area contributed by atoms with Crippen LogP contribution in [0.25, 0.3) is 0 Å². The Bertz CT molecular complexity index is 284. The Hall–Kier alpha value is -0.570. The molecule has 2 aliphatic rings. The molecule has 3 heteroatoms. The van der Waals surface area contributed by atoms with Crippen molar-refractivity contribution in [3.05, 3.63) is 0 Å². The average Bonchev–Trinajstić information content (AvgIpc) is 3.08. The topological polar surface area (TPSA) is 41.1 Å². The number of piperidine rings is 1. The van der Waals surface area contributed by atoms with Crippen LogP contribution in [0.15, 0.2) is 0 Å². The highest BCUT2D eigenvalue weighted by atomic mass is 16.2. The first-order valence-corrected chi connectivity index (χ1v) is 7.02. The van der Waals surface area contributed by atoms with Gasteiger partial charge in [-0.1, -0.05) is 20.8 Å². The monoisotopic (exact) mass is 238 g/mol. The van der Waals surface area contributed by atoms with Crippen LogP contribution >= 0.6 is 0 Å². The molecule has 0 radical (unpaired) electrons. The first kappa shape index (κ1) is 12.9. The van der Waals surface area contributed by atoms with E-state index in [1.807, 2.05) is 0 Å². The number of carbonyl (C=O) groups is 1. The molecule has 2 N–H and O–H groups in total. The number of rotatable bonds is 4. The highest BCUT2D eigenvalue weighted by Crippen LogP contribution is 2.36. The zero-order chi connectivity index (χ0) is 12.5. The number of amides is 1. The molecule has 0 bridgehead atoms. The Morgan fingerprint density at radius 3 is 2.76 bits per heavy atom. The number of carbonyl (C=O) groups excluding carboxylic acids is 1. The van der Waals surface area contributed by atoms with Crippen LogP contribution in [0.3, 0.4) is 0 Å². The Morgan fingerprint density at radius 2 is 2.18 bits per heavy atom. The second kappa shape index (κ2) is 4.97. The highest BCUT2D eigenvalue weighted by Gasteiger charge is 2.37. The van der Waals surface area contributed by atoms with Crippen LogP contribution in [0.2, 0.25) is 0 Å². The van der Waals surface area contributed by atoms with E-state index in [9.17, 15) is 4.79 Å². The maximum atomic E-state index is 12.2. The van der Waals surface area contributed by atoms with Gasteiger partial charge in [0.1, 0.15) is 0 Å². The van der Waals surface area contributed by atoms with E-state index in [4.69, 9.17) is 0 Å². The van der Waals surface area contributed by atoms with Gasteiger partial charge in [0.2, 0.25) is 5.91 Å². The van der Waals surface area contributed by atoms with Gasteiger partial charge in [-0.25, -0.2) is 0 Å². The molecule has 17 heavy (non-hydrogen) atoms. The standard InChI is InChI=1S/C14H26N2O/c1-10(11-5-6-11)9-16-13(17)12-14(2,3)7-4-8-15-12/h10-12,15H,4-9H2,1-3H3,(H,16,17). The maximum Gasteiger partial charge on any atom is 0.237 e. The lowest BCUT2D eigenvalue weighted by Gasteiger charge is -2.38. The summed E-state index contributed by atoms with van der Waals surface area (Å²) in [5.74, 6) is 1.70. The van der Waals surface area contributed by atoms with Crippen molar-refractivity contribution >= 4 is 5.91 Å². The molecule has 2 fully saturated rings. The van der Waals surface area contributed by atoms with E-state index in [-0.39, 0.29) is 17.4 Å². The van der Waals surface area contributed by atoms with Crippen LogP contribution in [0.4, 0.5) is 0 Å². The summed E-state index contributed by atoms with van der Waals surface area (Å²) >= 11 is 0. The minimum absolute atomic E-state index is 0.0114. The molecule has 1 aliphatic heterocycles. The average molecular weight is 238 g/mol. The van der Waals surface area contributed by atoms with Gasteiger partial charge in [-0.3, -0.25) is 4.79 Å². The molecule has 1 amide bonds. The molecule has 1 saturated heterocycles. The van der Waals surface area contributed by atoms with E-state index in [1.165, 1.54) is 19.3 Å². The first-order valence-electron chi connectivity index (χ1n) is 7.02. The maximum absolute atomic E-state index is 12.2. The fraction of sp³-hybridized carbons (Fsp3) is 0.929.